The van der Waals surface area contributed by atoms with E-state index < -0.39 is 12.0 Å². The highest BCUT2D eigenvalue weighted by atomic mass is 16.4. The van der Waals surface area contributed by atoms with E-state index in [1.807, 2.05) is 9.80 Å². The summed E-state index contributed by atoms with van der Waals surface area (Å²) in [5.74, 6) is -0.741. The lowest BCUT2D eigenvalue weighted by Crippen LogP contribution is -2.56. The van der Waals surface area contributed by atoms with Crippen molar-refractivity contribution in [2.45, 2.75) is 38.3 Å². The molecule has 18 heavy (non-hydrogen) atoms. The topological polar surface area (TPSA) is 72.9 Å². The fourth-order valence-electron chi connectivity index (χ4n) is 2.77. The highest BCUT2D eigenvalue weighted by Gasteiger charge is 2.38. The van der Waals surface area contributed by atoms with E-state index in [0.717, 1.165) is 12.8 Å². The second kappa shape index (κ2) is 5.56. The minimum absolute atomic E-state index is 0.0138. The highest BCUT2D eigenvalue weighted by molar-refractivity contribution is 5.77. The van der Waals surface area contributed by atoms with E-state index in [1.165, 1.54) is 0 Å². The Balaban J connectivity index is 1.96. The van der Waals surface area contributed by atoms with Gasteiger partial charge in [-0.3, -0.25) is 9.69 Å². The molecule has 2 fully saturated rings. The van der Waals surface area contributed by atoms with Crippen molar-refractivity contribution in [2.75, 3.05) is 26.2 Å². The molecule has 0 aliphatic carbocycles. The molecule has 6 heteroatoms. The van der Waals surface area contributed by atoms with Gasteiger partial charge in [0, 0.05) is 26.2 Å². The van der Waals surface area contributed by atoms with E-state index in [2.05, 4.69) is 12.2 Å². The summed E-state index contributed by atoms with van der Waals surface area (Å²) in [7, 11) is 0. The van der Waals surface area contributed by atoms with Crippen LogP contribution in [0.4, 0.5) is 4.79 Å². The lowest BCUT2D eigenvalue weighted by atomic mass is 10.1. The van der Waals surface area contributed by atoms with E-state index in [9.17, 15) is 14.7 Å². The van der Waals surface area contributed by atoms with Crippen LogP contribution in [0.15, 0.2) is 0 Å². The summed E-state index contributed by atoms with van der Waals surface area (Å²) >= 11 is 0. The number of urea groups is 1. The molecule has 2 aliphatic heterocycles. The van der Waals surface area contributed by atoms with Crippen LogP contribution in [0.25, 0.3) is 0 Å². The standard InChI is InChI=1S/C12H21N3O3/c1-2-3-4-10(11(16)17)14-5-6-15-9(8-14)7-13-12(15)18/h9-10H,2-8H2,1H3,(H,13,18)(H,16,17). The van der Waals surface area contributed by atoms with Crippen molar-refractivity contribution < 1.29 is 14.7 Å². The number of piperazine rings is 1. The van der Waals surface area contributed by atoms with Gasteiger partial charge in [0.25, 0.3) is 0 Å². The van der Waals surface area contributed by atoms with E-state index in [0.29, 0.717) is 32.6 Å². The molecule has 0 aromatic carbocycles. The average molecular weight is 255 g/mol. The number of carbonyl (C=O) groups is 2. The number of fused-ring (bicyclic) bond motifs is 1. The average Bonchev–Trinajstić information content (AvgIpc) is 2.71. The minimum Gasteiger partial charge on any atom is -0.480 e. The molecule has 2 saturated heterocycles. The number of carboxylic acid groups (broad SMARTS) is 1. The first kappa shape index (κ1) is 13.1. The molecule has 0 spiro atoms. The van der Waals surface area contributed by atoms with Gasteiger partial charge in [0.1, 0.15) is 6.04 Å². The van der Waals surface area contributed by atoms with Crippen LogP contribution in [0, 0.1) is 0 Å². The van der Waals surface area contributed by atoms with E-state index in [4.69, 9.17) is 0 Å². The first-order chi connectivity index (χ1) is 8.63. The number of hydrogen-bond acceptors (Lipinski definition) is 3. The summed E-state index contributed by atoms with van der Waals surface area (Å²) in [6.45, 7) is 4.66. The Morgan fingerprint density at radius 2 is 2.33 bits per heavy atom. The number of nitrogens with one attached hydrogen (secondary N) is 1. The number of amides is 2. The molecule has 0 radical (unpaired) electrons. The van der Waals surface area contributed by atoms with Crippen LogP contribution in [0.2, 0.25) is 0 Å². The van der Waals surface area contributed by atoms with Gasteiger partial charge < -0.3 is 15.3 Å². The molecule has 2 aliphatic rings. The van der Waals surface area contributed by atoms with Crippen LogP contribution in [-0.2, 0) is 4.79 Å². The maximum atomic E-state index is 11.5. The summed E-state index contributed by atoms with van der Waals surface area (Å²) in [5, 5.41) is 12.1. The number of carbonyl (C=O) groups excluding carboxylic acids is 1. The summed E-state index contributed by atoms with van der Waals surface area (Å²) in [5.41, 5.74) is 0. The molecule has 6 nitrogen and oxygen atoms in total. The van der Waals surface area contributed by atoms with Gasteiger partial charge in [-0.25, -0.2) is 4.79 Å². The van der Waals surface area contributed by atoms with Crippen molar-refractivity contribution in [2.24, 2.45) is 0 Å². The van der Waals surface area contributed by atoms with Gasteiger partial charge in [0.05, 0.1) is 6.04 Å². The molecule has 102 valence electrons. The van der Waals surface area contributed by atoms with Gasteiger partial charge in [-0.15, -0.1) is 0 Å². The molecule has 0 bridgehead atoms. The molecule has 2 heterocycles. The lowest BCUT2D eigenvalue weighted by molar-refractivity contribution is -0.144. The van der Waals surface area contributed by atoms with Gasteiger partial charge in [-0.05, 0) is 6.42 Å². The van der Waals surface area contributed by atoms with Crippen molar-refractivity contribution in [3.63, 3.8) is 0 Å². The Labute approximate surface area is 107 Å². The number of unbranched alkanes of at least 4 members (excludes halogenated alkanes) is 1. The predicted molar refractivity (Wildman–Crippen MR) is 66.4 cm³/mol. The quantitative estimate of drug-likeness (QED) is 0.743. The third-order valence-electron chi connectivity index (χ3n) is 3.82. The fraction of sp³-hybridized carbons (Fsp3) is 0.833. The van der Waals surface area contributed by atoms with Crippen molar-refractivity contribution in [1.29, 1.82) is 0 Å². The zero-order valence-electron chi connectivity index (χ0n) is 10.8. The number of nitrogens with zero attached hydrogens (tertiary/aromatic N) is 2. The molecule has 0 aromatic heterocycles. The minimum atomic E-state index is -0.741. The van der Waals surface area contributed by atoms with Gasteiger partial charge in [0.15, 0.2) is 0 Å². The Bertz CT molecular complexity index is 335. The normalized spacial score (nSPS) is 25.7. The molecule has 2 rings (SSSR count). The predicted octanol–water partition coefficient (Wildman–Crippen LogP) is 0.339. The summed E-state index contributed by atoms with van der Waals surface area (Å²) in [6.07, 6.45) is 2.63. The zero-order chi connectivity index (χ0) is 13.1. The Hall–Kier alpha value is -1.30. The Morgan fingerprint density at radius 1 is 1.56 bits per heavy atom. The smallest absolute Gasteiger partial charge is 0.320 e. The summed E-state index contributed by atoms with van der Waals surface area (Å²) in [4.78, 5) is 26.6. The van der Waals surface area contributed by atoms with Gasteiger partial charge in [0.2, 0.25) is 0 Å². The molecule has 2 N–H and O–H groups in total. The summed E-state index contributed by atoms with van der Waals surface area (Å²) < 4.78 is 0. The SMILES string of the molecule is CCCCC(C(=O)O)N1CCN2C(=O)NCC2C1. The molecule has 2 atom stereocenters. The fourth-order valence-corrected chi connectivity index (χ4v) is 2.77. The number of aliphatic carboxylic acids is 1. The van der Waals surface area contributed by atoms with Crippen molar-refractivity contribution in [3.05, 3.63) is 0 Å². The van der Waals surface area contributed by atoms with Gasteiger partial charge >= 0.3 is 12.0 Å². The third-order valence-corrected chi connectivity index (χ3v) is 3.82. The Kier molecular flexibility index (Phi) is 4.06. The van der Waals surface area contributed by atoms with E-state index >= 15 is 0 Å². The lowest BCUT2D eigenvalue weighted by Gasteiger charge is -2.39. The number of rotatable bonds is 5. The van der Waals surface area contributed by atoms with E-state index in [1.54, 1.807) is 0 Å². The van der Waals surface area contributed by atoms with Crippen LogP contribution in [0.5, 0.6) is 0 Å². The molecular formula is C12H21N3O3. The molecule has 0 aromatic rings. The first-order valence-electron chi connectivity index (χ1n) is 6.64. The van der Waals surface area contributed by atoms with Crippen molar-refractivity contribution in [1.82, 2.24) is 15.1 Å². The van der Waals surface area contributed by atoms with Crippen molar-refractivity contribution >= 4 is 12.0 Å². The first-order valence-corrected chi connectivity index (χ1v) is 6.64. The van der Waals surface area contributed by atoms with Crippen LogP contribution in [-0.4, -0.2) is 65.2 Å². The summed E-state index contributed by atoms with van der Waals surface area (Å²) in [6, 6.07) is -0.280. The van der Waals surface area contributed by atoms with Crippen molar-refractivity contribution in [3.8, 4) is 0 Å². The molecule has 2 unspecified atom stereocenters. The largest absolute Gasteiger partial charge is 0.480 e. The third kappa shape index (κ3) is 2.58. The van der Waals surface area contributed by atoms with Crippen LogP contribution < -0.4 is 5.32 Å². The van der Waals surface area contributed by atoms with E-state index in [-0.39, 0.29) is 12.1 Å². The molecule has 0 saturated carbocycles. The number of carboxylic acids is 1. The van der Waals surface area contributed by atoms with Crippen LogP contribution >= 0.6 is 0 Å². The molecular weight excluding hydrogens is 234 g/mol. The zero-order valence-corrected chi connectivity index (χ0v) is 10.8. The Morgan fingerprint density at radius 3 is 3.00 bits per heavy atom. The number of hydrogen-bond donors (Lipinski definition) is 2. The maximum Gasteiger partial charge on any atom is 0.320 e. The maximum absolute atomic E-state index is 11.5. The monoisotopic (exact) mass is 255 g/mol. The van der Waals surface area contributed by atoms with Gasteiger partial charge in [-0.1, -0.05) is 19.8 Å². The molecule has 2 amide bonds. The van der Waals surface area contributed by atoms with Gasteiger partial charge in [-0.2, -0.15) is 0 Å². The highest BCUT2D eigenvalue weighted by Crippen LogP contribution is 2.18. The second-order valence-corrected chi connectivity index (χ2v) is 5.02. The second-order valence-electron chi connectivity index (χ2n) is 5.02. The van der Waals surface area contributed by atoms with Crippen LogP contribution in [0.1, 0.15) is 26.2 Å². The van der Waals surface area contributed by atoms with Crippen LogP contribution in [0.3, 0.4) is 0 Å².